The van der Waals surface area contributed by atoms with E-state index in [-0.39, 0.29) is 17.1 Å². The van der Waals surface area contributed by atoms with Crippen molar-refractivity contribution >= 4 is 28.3 Å². The number of nitrogens with one attached hydrogen (secondary N) is 1. The average molecular weight is 537 g/mol. The van der Waals surface area contributed by atoms with Crippen LogP contribution in [0.1, 0.15) is 58.9 Å². The molecule has 1 saturated carbocycles. The fraction of sp³-hybridized carbons (Fsp3) is 0.577. The van der Waals surface area contributed by atoms with Gasteiger partial charge in [0, 0.05) is 42.9 Å². The van der Waals surface area contributed by atoms with E-state index in [4.69, 9.17) is 9.15 Å². The number of alkyl halides is 3. The van der Waals surface area contributed by atoms with Gasteiger partial charge < -0.3 is 19.4 Å². The van der Waals surface area contributed by atoms with Crippen molar-refractivity contribution in [2.75, 3.05) is 26.2 Å². The Morgan fingerprint density at radius 1 is 1.19 bits per heavy atom. The third kappa shape index (κ3) is 6.81. The number of rotatable bonds is 7. The number of aryl methyl sites for hydroxylation is 1. The van der Waals surface area contributed by atoms with Gasteiger partial charge in [0.1, 0.15) is 5.52 Å². The van der Waals surface area contributed by atoms with Gasteiger partial charge >= 0.3 is 6.18 Å². The molecule has 1 aromatic carbocycles. The molecule has 0 unspecified atom stereocenters. The van der Waals surface area contributed by atoms with Gasteiger partial charge in [-0.15, -0.1) is 0 Å². The van der Waals surface area contributed by atoms with E-state index in [1.807, 2.05) is 0 Å². The Balaban J connectivity index is 1.03. The number of ether oxygens (including phenoxy) is 1. The quantitative estimate of drug-likeness (QED) is 0.441. The number of amides is 1. The van der Waals surface area contributed by atoms with Crippen molar-refractivity contribution in [2.45, 2.75) is 64.1 Å². The van der Waals surface area contributed by atoms with Crippen LogP contribution >= 0.6 is 11.3 Å². The van der Waals surface area contributed by atoms with Crippen molar-refractivity contribution in [1.82, 2.24) is 20.2 Å². The Morgan fingerprint density at radius 2 is 1.97 bits per heavy atom. The highest BCUT2D eigenvalue weighted by atomic mass is 32.1. The van der Waals surface area contributed by atoms with Crippen molar-refractivity contribution < 1.29 is 27.1 Å². The predicted molar refractivity (Wildman–Crippen MR) is 134 cm³/mol. The Bertz CT molecular complexity index is 1210. The molecule has 1 aliphatic heterocycles. The summed E-state index contributed by atoms with van der Waals surface area (Å²) in [6.45, 7) is 3.24. The molecule has 1 fully saturated rings. The molecular weight excluding hydrogens is 505 g/mol. The van der Waals surface area contributed by atoms with Gasteiger partial charge in [-0.3, -0.25) is 4.79 Å². The summed E-state index contributed by atoms with van der Waals surface area (Å²) >= 11 is 1.24. The van der Waals surface area contributed by atoms with Crippen molar-refractivity contribution in [2.24, 2.45) is 5.92 Å². The first-order valence-corrected chi connectivity index (χ1v) is 13.6. The first kappa shape index (κ1) is 26.0. The van der Waals surface area contributed by atoms with Gasteiger partial charge in [-0.2, -0.15) is 13.2 Å². The van der Waals surface area contributed by atoms with Gasteiger partial charge in [0.2, 0.25) is 0 Å². The van der Waals surface area contributed by atoms with Crippen LogP contribution < -0.4 is 10.1 Å². The highest BCUT2D eigenvalue weighted by Gasteiger charge is 2.30. The molecule has 5 rings (SSSR count). The Hall–Kier alpha value is -2.66. The minimum Gasteiger partial charge on any atom is -0.460 e. The first-order valence-electron chi connectivity index (χ1n) is 12.8. The lowest BCUT2D eigenvalue weighted by Crippen LogP contribution is -2.38. The number of fused-ring (bicyclic) bond motifs is 2. The lowest BCUT2D eigenvalue weighted by atomic mass is 9.84. The van der Waals surface area contributed by atoms with E-state index in [1.165, 1.54) is 11.3 Å². The molecule has 7 nitrogen and oxygen atoms in total. The molecule has 2 aliphatic rings. The van der Waals surface area contributed by atoms with Gasteiger partial charge in [-0.05, 0) is 69.2 Å². The summed E-state index contributed by atoms with van der Waals surface area (Å²) in [5, 5.41) is 3.30. The minimum atomic E-state index is -4.35. The second-order valence-electron chi connectivity index (χ2n) is 9.99. The van der Waals surface area contributed by atoms with Crippen molar-refractivity contribution in [3.63, 3.8) is 0 Å². The largest absolute Gasteiger partial charge is 0.460 e. The van der Waals surface area contributed by atoms with Crippen LogP contribution in [0.25, 0.3) is 11.1 Å². The molecule has 1 aliphatic carbocycles. The summed E-state index contributed by atoms with van der Waals surface area (Å²) < 4.78 is 47.5. The minimum absolute atomic E-state index is 0.0661. The molecule has 0 radical (unpaired) electrons. The first-order chi connectivity index (χ1) is 17.7. The number of hydrogen-bond acceptors (Lipinski definition) is 7. The summed E-state index contributed by atoms with van der Waals surface area (Å²) in [6.07, 6.45) is 2.43. The van der Waals surface area contributed by atoms with Gasteiger partial charge in [-0.1, -0.05) is 11.3 Å². The van der Waals surface area contributed by atoms with Crippen molar-refractivity contribution in [3.05, 3.63) is 40.2 Å². The zero-order valence-corrected chi connectivity index (χ0v) is 21.6. The molecule has 3 heterocycles. The molecule has 0 saturated heterocycles. The smallest absolute Gasteiger partial charge is 0.422 e. The molecule has 3 aromatic rings. The SMILES string of the molecule is Cc1nc2cc(C(=O)N[C@H]3CC[C@H](CCN4CCc5nc(OCC(F)(F)F)sc5CC4)CC3)ccc2o1. The summed E-state index contributed by atoms with van der Waals surface area (Å²) in [5.74, 6) is 1.16. The molecule has 0 spiro atoms. The predicted octanol–water partition coefficient (Wildman–Crippen LogP) is 5.31. The van der Waals surface area contributed by atoms with Crippen LogP contribution in [0.3, 0.4) is 0 Å². The normalized spacial score (nSPS) is 21.0. The van der Waals surface area contributed by atoms with Gasteiger partial charge in [-0.25, -0.2) is 9.97 Å². The molecule has 2 aromatic heterocycles. The Morgan fingerprint density at radius 3 is 2.76 bits per heavy atom. The molecule has 37 heavy (non-hydrogen) atoms. The van der Waals surface area contributed by atoms with Gasteiger partial charge in [0.15, 0.2) is 18.1 Å². The molecular formula is C26H31F3N4O3S. The monoisotopic (exact) mass is 536 g/mol. The number of carbonyl (C=O) groups excluding carboxylic acids is 1. The summed E-state index contributed by atoms with van der Waals surface area (Å²) in [7, 11) is 0. The maximum atomic E-state index is 12.7. The van der Waals surface area contributed by atoms with Crippen molar-refractivity contribution in [3.8, 4) is 5.19 Å². The zero-order valence-electron chi connectivity index (χ0n) is 20.8. The fourth-order valence-corrected chi connectivity index (χ4v) is 6.17. The number of halogens is 3. The standard InChI is InChI=1S/C26H31F3N4O3S/c1-16-30-21-14-18(4-7-22(21)36-16)24(34)31-19-5-2-17(3-6-19)8-11-33-12-9-20-23(10-13-33)37-25(32-20)35-15-26(27,28)29/h4,7,14,17,19H,2-3,5-6,8-13,15H2,1H3,(H,31,34)/t17-,19-. The maximum absolute atomic E-state index is 12.7. The van der Waals surface area contributed by atoms with Crippen molar-refractivity contribution in [1.29, 1.82) is 0 Å². The molecule has 11 heteroatoms. The van der Waals surface area contributed by atoms with Crippen LogP contribution in [0.5, 0.6) is 5.19 Å². The zero-order chi connectivity index (χ0) is 26.0. The van der Waals surface area contributed by atoms with Crippen LogP contribution in [0.15, 0.2) is 22.6 Å². The highest BCUT2D eigenvalue weighted by molar-refractivity contribution is 7.13. The highest BCUT2D eigenvalue weighted by Crippen LogP contribution is 2.31. The fourth-order valence-electron chi connectivity index (χ4n) is 5.23. The summed E-state index contributed by atoms with van der Waals surface area (Å²) in [4.78, 5) is 24.8. The molecule has 1 amide bonds. The van der Waals surface area contributed by atoms with Crippen LogP contribution in [-0.4, -0.2) is 59.2 Å². The molecule has 200 valence electrons. The van der Waals surface area contributed by atoms with Crippen LogP contribution in [0, 0.1) is 12.8 Å². The Labute approximate surface area is 217 Å². The van der Waals surface area contributed by atoms with Crippen LogP contribution in [0.2, 0.25) is 0 Å². The molecule has 0 bridgehead atoms. The number of aromatic nitrogens is 2. The maximum Gasteiger partial charge on any atom is 0.422 e. The summed E-state index contributed by atoms with van der Waals surface area (Å²) in [6, 6.07) is 5.53. The third-order valence-electron chi connectivity index (χ3n) is 7.23. The molecule has 1 N–H and O–H groups in total. The van der Waals surface area contributed by atoms with E-state index < -0.39 is 12.8 Å². The number of oxazole rings is 1. The van der Waals surface area contributed by atoms with E-state index in [1.54, 1.807) is 25.1 Å². The van der Waals surface area contributed by atoms with Gasteiger partial charge in [0.05, 0.1) is 5.69 Å². The number of benzene rings is 1. The van der Waals surface area contributed by atoms with Crippen LogP contribution in [0.4, 0.5) is 13.2 Å². The number of hydrogen-bond donors (Lipinski definition) is 1. The lowest BCUT2D eigenvalue weighted by Gasteiger charge is -2.30. The second-order valence-corrected chi connectivity index (χ2v) is 11.0. The van der Waals surface area contributed by atoms with Crippen LogP contribution in [-0.2, 0) is 12.8 Å². The number of thiazole rings is 1. The third-order valence-corrected chi connectivity index (χ3v) is 8.30. The van der Waals surface area contributed by atoms with E-state index in [2.05, 4.69) is 20.2 Å². The van der Waals surface area contributed by atoms with Gasteiger partial charge in [0.25, 0.3) is 11.1 Å². The average Bonchev–Trinajstić information content (AvgIpc) is 3.38. The molecule has 0 atom stereocenters. The van der Waals surface area contributed by atoms with E-state index in [9.17, 15) is 18.0 Å². The van der Waals surface area contributed by atoms with E-state index >= 15 is 0 Å². The number of carbonyl (C=O) groups is 1. The lowest BCUT2D eigenvalue weighted by molar-refractivity contribution is -0.153. The second kappa shape index (κ2) is 11.0. The van der Waals surface area contributed by atoms with E-state index in [0.717, 1.165) is 75.2 Å². The van der Waals surface area contributed by atoms with E-state index in [0.29, 0.717) is 28.5 Å². The Kier molecular flexibility index (Phi) is 7.71. The topological polar surface area (TPSA) is 80.5 Å². The number of nitrogens with zero attached hydrogens (tertiary/aromatic N) is 3. The summed E-state index contributed by atoms with van der Waals surface area (Å²) in [5.41, 5.74) is 2.86.